The molecule has 2 nitrogen and oxygen atoms in total. The van der Waals surface area contributed by atoms with E-state index >= 15 is 0 Å². The molecule has 1 aliphatic carbocycles. The van der Waals surface area contributed by atoms with Crippen molar-refractivity contribution in [3.05, 3.63) is 47.5 Å². The zero-order valence-electron chi connectivity index (χ0n) is 14.0. The van der Waals surface area contributed by atoms with Gasteiger partial charge in [0.15, 0.2) is 0 Å². The van der Waals surface area contributed by atoms with Crippen molar-refractivity contribution in [3.63, 3.8) is 0 Å². The molecule has 116 valence electrons. The van der Waals surface area contributed by atoms with Gasteiger partial charge in [0.05, 0.1) is 0 Å². The number of nitrogen functional groups attached to an aromatic ring is 2. The highest BCUT2D eigenvalue weighted by molar-refractivity contribution is 5.79. The molecule has 0 saturated heterocycles. The first-order valence-corrected chi connectivity index (χ1v) is 8.01. The fourth-order valence-electron chi connectivity index (χ4n) is 3.60. The highest BCUT2D eigenvalue weighted by Gasteiger charge is 2.36. The van der Waals surface area contributed by atoms with E-state index in [4.69, 9.17) is 11.5 Å². The Bertz CT molecular complexity index is 726. The smallest absolute Gasteiger partial charge is 0.0414 e. The predicted molar refractivity (Wildman–Crippen MR) is 96.0 cm³/mol. The molecule has 0 spiro atoms. The molecule has 0 bridgehead atoms. The second kappa shape index (κ2) is 4.77. The number of rotatable bonds is 1. The average Bonchev–Trinajstić information content (AvgIpc) is 2.44. The first-order chi connectivity index (χ1) is 10.2. The van der Waals surface area contributed by atoms with Gasteiger partial charge >= 0.3 is 0 Å². The maximum absolute atomic E-state index is 6.17. The molecule has 0 saturated carbocycles. The third-order valence-electron chi connectivity index (χ3n) is 5.24. The first-order valence-electron chi connectivity index (χ1n) is 8.01. The summed E-state index contributed by atoms with van der Waals surface area (Å²) >= 11 is 0. The maximum atomic E-state index is 6.17. The van der Waals surface area contributed by atoms with E-state index in [1.807, 2.05) is 18.2 Å². The molecule has 0 atom stereocenters. The molecule has 0 aliphatic heterocycles. The lowest BCUT2D eigenvalue weighted by atomic mass is 9.63. The van der Waals surface area contributed by atoms with E-state index in [9.17, 15) is 0 Å². The molecule has 3 rings (SSSR count). The number of fused-ring (bicyclic) bond motifs is 1. The SMILES string of the molecule is CC1(C)CCC(C)(C)c2cc(-c3ccc(N)cc3N)ccc21. The maximum Gasteiger partial charge on any atom is 0.0414 e. The van der Waals surface area contributed by atoms with Crippen LogP contribution in [-0.4, -0.2) is 0 Å². The molecular formula is C20H26N2. The molecule has 0 aromatic heterocycles. The van der Waals surface area contributed by atoms with E-state index in [-0.39, 0.29) is 10.8 Å². The predicted octanol–water partition coefficient (Wildman–Crippen LogP) is 4.87. The zero-order valence-corrected chi connectivity index (χ0v) is 14.0. The molecule has 4 N–H and O–H groups in total. The van der Waals surface area contributed by atoms with E-state index in [2.05, 4.69) is 45.9 Å². The Balaban J connectivity index is 2.18. The Labute approximate surface area is 133 Å². The standard InChI is InChI=1S/C20H26N2/c1-19(2)9-10-20(3,4)17-11-13(5-8-16(17)19)15-7-6-14(21)12-18(15)22/h5-8,11-12H,9-10,21-22H2,1-4H3. The minimum absolute atomic E-state index is 0.212. The Hall–Kier alpha value is -1.96. The summed E-state index contributed by atoms with van der Waals surface area (Å²) in [6.45, 7) is 9.38. The van der Waals surface area contributed by atoms with Crippen molar-refractivity contribution >= 4 is 11.4 Å². The van der Waals surface area contributed by atoms with Crippen LogP contribution in [0.2, 0.25) is 0 Å². The monoisotopic (exact) mass is 294 g/mol. The van der Waals surface area contributed by atoms with Crippen LogP contribution >= 0.6 is 0 Å². The van der Waals surface area contributed by atoms with Crippen molar-refractivity contribution in [1.29, 1.82) is 0 Å². The van der Waals surface area contributed by atoms with Gasteiger partial charge in [-0.1, -0.05) is 52.0 Å². The molecule has 22 heavy (non-hydrogen) atoms. The molecule has 0 heterocycles. The minimum Gasteiger partial charge on any atom is -0.399 e. The summed E-state index contributed by atoms with van der Waals surface area (Å²) in [7, 11) is 0. The summed E-state index contributed by atoms with van der Waals surface area (Å²) in [5.74, 6) is 0. The van der Waals surface area contributed by atoms with Gasteiger partial charge in [-0.25, -0.2) is 0 Å². The van der Waals surface area contributed by atoms with Gasteiger partial charge in [-0.2, -0.15) is 0 Å². The lowest BCUT2D eigenvalue weighted by Crippen LogP contribution is -2.33. The highest BCUT2D eigenvalue weighted by Crippen LogP contribution is 2.47. The van der Waals surface area contributed by atoms with Crippen molar-refractivity contribution in [2.24, 2.45) is 0 Å². The van der Waals surface area contributed by atoms with E-state index in [0.29, 0.717) is 5.69 Å². The summed E-state index contributed by atoms with van der Waals surface area (Å²) in [4.78, 5) is 0. The average molecular weight is 294 g/mol. The fraction of sp³-hybridized carbons (Fsp3) is 0.400. The number of nitrogens with two attached hydrogens (primary N) is 2. The number of anilines is 2. The molecule has 2 aromatic rings. The van der Waals surface area contributed by atoms with Crippen LogP contribution in [-0.2, 0) is 10.8 Å². The minimum atomic E-state index is 0.212. The molecule has 0 amide bonds. The fourth-order valence-corrected chi connectivity index (χ4v) is 3.60. The van der Waals surface area contributed by atoms with Crippen LogP contribution in [0.25, 0.3) is 11.1 Å². The van der Waals surface area contributed by atoms with Crippen molar-refractivity contribution in [3.8, 4) is 11.1 Å². The summed E-state index contributed by atoms with van der Waals surface area (Å²) in [6.07, 6.45) is 2.45. The van der Waals surface area contributed by atoms with Gasteiger partial charge in [0.1, 0.15) is 0 Å². The number of hydrogen-bond acceptors (Lipinski definition) is 2. The van der Waals surface area contributed by atoms with Crippen LogP contribution in [0.15, 0.2) is 36.4 Å². The second-order valence-corrected chi connectivity index (χ2v) is 7.87. The lowest BCUT2D eigenvalue weighted by Gasteiger charge is -2.42. The number of benzene rings is 2. The van der Waals surface area contributed by atoms with Gasteiger partial charge in [0, 0.05) is 16.9 Å². The van der Waals surface area contributed by atoms with Crippen LogP contribution in [0.3, 0.4) is 0 Å². The largest absolute Gasteiger partial charge is 0.399 e. The van der Waals surface area contributed by atoms with E-state index < -0.39 is 0 Å². The van der Waals surface area contributed by atoms with E-state index in [0.717, 1.165) is 11.3 Å². The zero-order chi connectivity index (χ0) is 16.1. The Kier molecular flexibility index (Phi) is 3.24. The number of hydrogen-bond donors (Lipinski definition) is 2. The van der Waals surface area contributed by atoms with Crippen LogP contribution in [0, 0.1) is 0 Å². The molecule has 2 heteroatoms. The van der Waals surface area contributed by atoms with Gasteiger partial charge in [0.25, 0.3) is 0 Å². The van der Waals surface area contributed by atoms with Gasteiger partial charge in [-0.15, -0.1) is 0 Å². The van der Waals surface area contributed by atoms with Crippen molar-refractivity contribution < 1.29 is 0 Å². The second-order valence-electron chi connectivity index (χ2n) is 7.87. The Morgan fingerprint density at radius 1 is 0.773 bits per heavy atom. The van der Waals surface area contributed by atoms with E-state index in [1.165, 1.54) is 29.5 Å². The third kappa shape index (κ3) is 2.37. The summed E-state index contributed by atoms with van der Waals surface area (Å²) in [5, 5.41) is 0. The first kappa shape index (κ1) is 15.0. The van der Waals surface area contributed by atoms with E-state index in [1.54, 1.807) is 0 Å². The topological polar surface area (TPSA) is 52.0 Å². The normalized spacial score (nSPS) is 18.7. The third-order valence-corrected chi connectivity index (χ3v) is 5.24. The van der Waals surface area contributed by atoms with Crippen LogP contribution in [0.1, 0.15) is 51.7 Å². The quantitative estimate of drug-likeness (QED) is 0.737. The van der Waals surface area contributed by atoms with Crippen molar-refractivity contribution in [2.45, 2.75) is 51.4 Å². The molecule has 0 fully saturated rings. The van der Waals surface area contributed by atoms with Crippen LogP contribution in [0.5, 0.6) is 0 Å². The summed E-state index contributed by atoms with van der Waals surface area (Å²) in [6, 6.07) is 12.6. The van der Waals surface area contributed by atoms with Crippen molar-refractivity contribution in [1.82, 2.24) is 0 Å². The molecule has 2 aromatic carbocycles. The Morgan fingerprint density at radius 2 is 1.41 bits per heavy atom. The van der Waals surface area contributed by atoms with Crippen LogP contribution < -0.4 is 11.5 Å². The van der Waals surface area contributed by atoms with Crippen LogP contribution in [0.4, 0.5) is 11.4 Å². The highest BCUT2D eigenvalue weighted by atomic mass is 14.6. The lowest BCUT2D eigenvalue weighted by molar-refractivity contribution is 0.332. The summed E-state index contributed by atoms with van der Waals surface area (Å²) in [5.41, 5.74) is 19.1. The van der Waals surface area contributed by atoms with Gasteiger partial charge in [0.2, 0.25) is 0 Å². The van der Waals surface area contributed by atoms with Gasteiger partial charge in [-0.05, 0) is 52.5 Å². The summed E-state index contributed by atoms with van der Waals surface area (Å²) < 4.78 is 0. The molecule has 0 unspecified atom stereocenters. The van der Waals surface area contributed by atoms with Gasteiger partial charge < -0.3 is 11.5 Å². The molecule has 0 radical (unpaired) electrons. The molecular weight excluding hydrogens is 268 g/mol. The van der Waals surface area contributed by atoms with Gasteiger partial charge in [-0.3, -0.25) is 0 Å². The molecule has 1 aliphatic rings. The van der Waals surface area contributed by atoms with Crippen molar-refractivity contribution in [2.75, 3.05) is 11.5 Å². The Morgan fingerprint density at radius 3 is 2.05 bits per heavy atom.